The van der Waals surface area contributed by atoms with Crippen LogP contribution in [-0.4, -0.2) is 67.6 Å². The number of alkyl halides is 6. The van der Waals surface area contributed by atoms with Gasteiger partial charge in [-0.1, -0.05) is 24.1 Å². The monoisotopic (exact) mass is 556 g/mol. The Balaban J connectivity index is 1.94. The van der Waals surface area contributed by atoms with Crippen molar-refractivity contribution in [1.82, 2.24) is 4.31 Å². The lowest BCUT2D eigenvalue weighted by molar-refractivity contribution is -0.376. The molecular formula is C22H22F6N2O4S2. The second-order valence-corrected chi connectivity index (χ2v) is 11.2. The van der Waals surface area contributed by atoms with Crippen molar-refractivity contribution in [3.8, 4) is 12.3 Å². The van der Waals surface area contributed by atoms with Gasteiger partial charge in [0.1, 0.15) is 10.3 Å². The molecule has 1 unspecified atom stereocenters. The Kier molecular flexibility index (Phi) is 8.02. The standard InChI is InChI=1S/C22H22F6N2O4S2/c1-2-17(31)7-5-15-14-16(20(32,21(23,24)25)22(26,27)28)6-8-18(15)29-9-11-30(12-10-29)36(33,34)19-4-3-13-35-19/h1,3-4,6,8,13-14,17,31-32H,5,7,9-12H2. The molecule has 0 spiro atoms. The largest absolute Gasteiger partial charge is 0.430 e. The Hall–Kier alpha value is -2.31. The highest BCUT2D eigenvalue weighted by Gasteiger charge is 2.71. The summed E-state index contributed by atoms with van der Waals surface area (Å²) in [6.45, 7) is 0.280. The Morgan fingerprint density at radius 1 is 1.06 bits per heavy atom. The molecule has 0 saturated carbocycles. The molecule has 36 heavy (non-hydrogen) atoms. The van der Waals surface area contributed by atoms with E-state index in [2.05, 4.69) is 0 Å². The van der Waals surface area contributed by atoms with Gasteiger partial charge in [0, 0.05) is 37.4 Å². The van der Waals surface area contributed by atoms with Gasteiger partial charge in [-0.05, 0) is 35.9 Å². The lowest BCUT2D eigenvalue weighted by Gasteiger charge is -2.37. The Morgan fingerprint density at radius 3 is 2.17 bits per heavy atom. The second kappa shape index (κ2) is 10.2. The fraction of sp³-hybridized carbons (Fsp3) is 0.455. The number of aryl methyl sites for hydroxylation is 1. The lowest BCUT2D eigenvalue weighted by Crippen LogP contribution is -2.54. The number of halogens is 6. The van der Waals surface area contributed by atoms with E-state index < -0.39 is 39.6 Å². The van der Waals surface area contributed by atoms with E-state index in [-0.39, 0.29) is 54.5 Å². The molecule has 1 saturated heterocycles. The van der Waals surface area contributed by atoms with Crippen LogP contribution in [0.25, 0.3) is 0 Å². The van der Waals surface area contributed by atoms with E-state index in [1.165, 1.54) is 10.4 Å². The first-order chi connectivity index (χ1) is 16.6. The minimum atomic E-state index is -6.05. The fourth-order valence-corrected chi connectivity index (χ4v) is 6.46. The number of hydrogen-bond donors (Lipinski definition) is 2. The first kappa shape index (κ1) is 28.3. The van der Waals surface area contributed by atoms with Crippen LogP contribution in [0, 0.1) is 12.3 Å². The number of nitrogens with zero attached hydrogens (tertiary/aromatic N) is 2. The van der Waals surface area contributed by atoms with Crippen LogP contribution in [0.5, 0.6) is 0 Å². The van der Waals surface area contributed by atoms with Gasteiger partial charge in [0.2, 0.25) is 0 Å². The van der Waals surface area contributed by atoms with Crippen molar-refractivity contribution in [2.24, 2.45) is 0 Å². The SMILES string of the molecule is C#CC(O)CCc1cc(C(O)(C(F)(F)F)C(F)(F)F)ccc1N1CCN(S(=O)(=O)c2cccs2)CC1. The van der Waals surface area contributed by atoms with Gasteiger partial charge in [0.05, 0.1) is 0 Å². The van der Waals surface area contributed by atoms with Gasteiger partial charge < -0.3 is 15.1 Å². The van der Waals surface area contributed by atoms with Crippen molar-refractivity contribution in [2.45, 2.75) is 41.1 Å². The highest BCUT2D eigenvalue weighted by Crippen LogP contribution is 2.50. The minimum absolute atomic E-state index is 0.0108. The van der Waals surface area contributed by atoms with E-state index in [0.29, 0.717) is 12.1 Å². The van der Waals surface area contributed by atoms with Crippen LogP contribution in [0.2, 0.25) is 0 Å². The van der Waals surface area contributed by atoms with Crippen molar-refractivity contribution in [2.75, 3.05) is 31.1 Å². The van der Waals surface area contributed by atoms with Crippen molar-refractivity contribution in [1.29, 1.82) is 0 Å². The molecule has 1 fully saturated rings. The molecule has 1 aliphatic rings. The van der Waals surface area contributed by atoms with Crippen molar-refractivity contribution in [3.63, 3.8) is 0 Å². The molecule has 0 radical (unpaired) electrons. The molecule has 0 aliphatic carbocycles. The number of terminal acetylenes is 1. The maximum Gasteiger partial charge on any atom is 0.430 e. The van der Waals surface area contributed by atoms with Crippen LogP contribution < -0.4 is 4.90 Å². The van der Waals surface area contributed by atoms with Gasteiger partial charge in [-0.2, -0.15) is 30.6 Å². The van der Waals surface area contributed by atoms with Crippen molar-refractivity contribution in [3.05, 3.63) is 46.8 Å². The molecule has 3 rings (SSSR count). The zero-order chi connectivity index (χ0) is 26.9. The Bertz CT molecular complexity index is 1180. The molecule has 0 amide bonds. The molecule has 0 bridgehead atoms. The molecule has 198 valence electrons. The van der Waals surface area contributed by atoms with E-state index in [4.69, 9.17) is 6.42 Å². The molecule has 1 aromatic heterocycles. The number of piperazine rings is 1. The Labute approximate surface area is 207 Å². The van der Waals surface area contributed by atoms with Crippen LogP contribution in [0.3, 0.4) is 0 Å². The average Bonchev–Trinajstić information content (AvgIpc) is 3.36. The quantitative estimate of drug-likeness (QED) is 0.403. The number of thiophene rings is 1. The number of benzene rings is 1. The maximum atomic E-state index is 13.4. The number of aliphatic hydroxyl groups excluding tert-OH is 1. The van der Waals surface area contributed by atoms with Gasteiger partial charge in [-0.3, -0.25) is 0 Å². The van der Waals surface area contributed by atoms with E-state index in [1.54, 1.807) is 16.3 Å². The number of anilines is 1. The molecule has 1 aliphatic heterocycles. The smallest absolute Gasteiger partial charge is 0.380 e. The van der Waals surface area contributed by atoms with Crippen molar-refractivity contribution >= 4 is 27.0 Å². The van der Waals surface area contributed by atoms with E-state index in [0.717, 1.165) is 17.4 Å². The predicted octanol–water partition coefficient (Wildman–Crippen LogP) is 3.50. The van der Waals surface area contributed by atoms with Crippen LogP contribution >= 0.6 is 11.3 Å². The normalized spacial score (nSPS) is 17.1. The number of sulfonamides is 1. The number of hydrogen-bond acceptors (Lipinski definition) is 6. The summed E-state index contributed by atoms with van der Waals surface area (Å²) < 4.78 is 107. The molecule has 6 nitrogen and oxygen atoms in total. The van der Waals surface area contributed by atoms with Gasteiger partial charge in [-0.25, -0.2) is 8.42 Å². The van der Waals surface area contributed by atoms with Crippen molar-refractivity contribution < 1.29 is 45.0 Å². The highest BCUT2D eigenvalue weighted by atomic mass is 32.2. The molecular weight excluding hydrogens is 534 g/mol. The molecule has 2 aromatic rings. The highest BCUT2D eigenvalue weighted by molar-refractivity contribution is 7.91. The van der Waals surface area contributed by atoms with E-state index in [9.17, 15) is 45.0 Å². The van der Waals surface area contributed by atoms with Gasteiger partial charge in [-0.15, -0.1) is 17.8 Å². The Morgan fingerprint density at radius 2 is 1.67 bits per heavy atom. The average molecular weight is 557 g/mol. The molecule has 1 atom stereocenters. The van der Waals surface area contributed by atoms with Gasteiger partial charge in [0.25, 0.3) is 15.6 Å². The van der Waals surface area contributed by atoms with Crippen LogP contribution in [0.4, 0.5) is 32.0 Å². The summed E-state index contributed by atoms with van der Waals surface area (Å²) in [6.07, 6.45) is -8.62. The third-order valence-corrected chi connectivity index (χ3v) is 9.14. The van der Waals surface area contributed by atoms with Gasteiger partial charge >= 0.3 is 12.4 Å². The van der Waals surface area contributed by atoms with Crippen LogP contribution in [-0.2, 0) is 22.0 Å². The first-order valence-electron chi connectivity index (χ1n) is 10.5. The topological polar surface area (TPSA) is 81.1 Å². The summed E-state index contributed by atoms with van der Waals surface area (Å²) in [5, 5.41) is 21.1. The molecule has 1 aromatic carbocycles. The predicted molar refractivity (Wildman–Crippen MR) is 121 cm³/mol. The summed E-state index contributed by atoms with van der Waals surface area (Å²) >= 11 is 1.05. The summed E-state index contributed by atoms with van der Waals surface area (Å²) in [4.78, 5) is 1.63. The summed E-state index contributed by atoms with van der Waals surface area (Å²) in [6, 6.07) is 5.23. The number of aliphatic hydroxyl groups is 2. The minimum Gasteiger partial charge on any atom is -0.380 e. The summed E-state index contributed by atoms with van der Waals surface area (Å²) in [5.41, 5.74) is -6.28. The number of rotatable bonds is 7. The second-order valence-electron chi connectivity index (χ2n) is 8.09. The lowest BCUT2D eigenvalue weighted by atomic mass is 9.89. The zero-order valence-electron chi connectivity index (χ0n) is 18.6. The van der Waals surface area contributed by atoms with E-state index in [1.807, 2.05) is 5.92 Å². The molecule has 2 N–H and O–H groups in total. The van der Waals surface area contributed by atoms with E-state index >= 15 is 0 Å². The summed E-state index contributed by atoms with van der Waals surface area (Å²) in [5.74, 6) is 2.02. The summed E-state index contributed by atoms with van der Waals surface area (Å²) in [7, 11) is -3.73. The zero-order valence-corrected chi connectivity index (χ0v) is 20.2. The van der Waals surface area contributed by atoms with Crippen LogP contribution in [0.1, 0.15) is 17.5 Å². The fourth-order valence-electron chi connectivity index (χ4n) is 3.89. The van der Waals surface area contributed by atoms with Crippen LogP contribution in [0.15, 0.2) is 39.9 Å². The third kappa shape index (κ3) is 5.35. The molecule has 14 heteroatoms. The maximum absolute atomic E-state index is 13.4. The first-order valence-corrected chi connectivity index (χ1v) is 12.9. The molecule has 2 heterocycles. The third-order valence-electron chi connectivity index (χ3n) is 5.87. The van der Waals surface area contributed by atoms with Gasteiger partial charge in [0.15, 0.2) is 0 Å².